The zero-order valence-electron chi connectivity index (χ0n) is 20.0. The number of carbonyl (C=O) groups excluding carboxylic acids is 2. The number of fused-ring (bicyclic) bond motifs is 1. The number of ether oxygens (including phenoxy) is 1. The van der Waals surface area contributed by atoms with Crippen molar-refractivity contribution in [1.29, 1.82) is 0 Å². The number of carbonyl (C=O) groups is 2. The molecule has 0 bridgehead atoms. The number of aromatic amines is 1. The number of benzene rings is 3. The highest BCUT2D eigenvalue weighted by Crippen LogP contribution is 2.46. The number of aromatic nitrogens is 1. The Hall–Kier alpha value is -4.52. The lowest BCUT2D eigenvalue weighted by Gasteiger charge is -2.25. The van der Waals surface area contributed by atoms with E-state index in [4.69, 9.17) is 4.74 Å². The van der Waals surface area contributed by atoms with E-state index in [0.717, 1.165) is 22.9 Å². The van der Waals surface area contributed by atoms with Crippen LogP contribution in [-0.4, -0.2) is 33.5 Å². The number of ketones is 1. The van der Waals surface area contributed by atoms with Crippen LogP contribution >= 0.6 is 0 Å². The Balaban J connectivity index is 1.72. The first-order valence-electron chi connectivity index (χ1n) is 11.8. The molecule has 3 aromatic carbocycles. The van der Waals surface area contributed by atoms with Crippen LogP contribution < -0.4 is 9.64 Å². The fraction of sp³-hybridized carbons (Fsp3) is 0.172. The Bertz CT molecular complexity index is 1520. The Morgan fingerprint density at radius 1 is 1.06 bits per heavy atom. The molecule has 5 rings (SSSR count). The summed E-state index contributed by atoms with van der Waals surface area (Å²) in [6.45, 7) is 4.45. The van der Waals surface area contributed by atoms with Crippen molar-refractivity contribution >= 4 is 34.0 Å². The number of para-hydroxylation sites is 3. The summed E-state index contributed by atoms with van der Waals surface area (Å²) in [5.74, 6) is -1.39. The lowest BCUT2D eigenvalue weighted by atomic mass is 9.94. The largest absolute Gasteiger partial charge is 0.507 e. The summed E-state index contributed by atoms with van der Waals surface area (Å²) in [7, 11) is 0. The molecule has 1 atom stereocenters. The van der Waals surface area contributed by atoms with E-state index in [2.05, 4.69) is 4.98 Å². The molecule has 4 aromatic rings. The van der Waals surface area contributed by atoms with Crippen molar-refractivity contribution in [2.75, 3.05) is 11.5 Å². The molecule has 1 fully saturated rings. The zero-order chi connectivity index (χ0) is 25.4. The van der Waals surface area contributed by atoms with E-state index in [1.807, 2.05) is 38.1 Å². The summed E-state index contributed by atoms with van der Waals surface area (Å²) in [6, 6.07) is 18.1. The average Bonchev–Trinajstić information content (AvgIpc) is 3.42. The fourth-order valence-electron chi connectivity index (χ4n) is 4.69. The second-order valence-corrected chi connectivity index (χ2v) is 8.78. The molecule has 182 valence electrons. The first kappa shape index (κ1) is 23.2. The molecule has 1 aliphatic rings. The maximum absolute atomic E-state index is 13.4. The number of nitrogens with zero attached hydrogens (tertiary/aromatic N) is 1. The molecular weight excluding hydrogens is 456 g/mol. The van der Waals surface area contributed by atoms with E-state index in [1.165, 1.54) is 11.0 Å². The Kier molecular flexibility index (Phi) is 5.98. The third-order valence-corrected chi connectivity index (χ3v) is 6.41. The van der Waals surface area contributed by atoms with Gasteiger partial charge in [0.05, 0.1) is 23.9 Å². The first-order valence-corrected chi connectivity index (χ1v) is 11.8. The van der Waals surface area contributed by atoms with Gasteiger partial charge in [0.25, 0.3) is 11.7 Å². The molecule has 0 aliphatic carbocycles. The van der Waals surface area contributed by atoms with Crippen molar-refractivity contribution in [3.05, 3.63) is 95.2 Å². The van der Waals surface area contributed by atoms with Crippen molar-refractivity contribution in [1.82, 2.24) is 4.98 Å². The van der Waals surface area contributed by atoms with Gasteiger partial charge in [-0.2, -0.15) is 0 Å². The molecule has 1 aromatic heterocycles. The van der Waals surface area contributed by atoms with Gasteiger partial charge in [0.15, 0.2) is 0 Å². The number of hydrogen-bond acceptors (Lipinski definition) is 5. The highest BCUT2D eigenvalue weighted by Gasteiger charge is 2.48. The van der Waals surface area contributed by atoms with Gasteiger partial charge in [0.2, 0.25) is 0 Å². The SMILES string of the molecule is CCCOc1ccc(/C(O)=C2\C(=O)C(=O)N(c3ccccc3O)C2c2c[nH]c3ccccc23)cc1C. The quantitative estimate of drug-likeness (QED) is 0.189. The minimum atomic E-state index is -0.953. The number of rotatable bonds is 6. The number of anilines is 1. The summed E-state index contributed by atoms with van der Waals surface area (Å²) in [4.78, 5) is 31.2. The smallest absolute Gasteiger partial charge is 0.300 e. The van der Waals surface area contributed by atoms with Gasteiger partial charge >= 0.3 is 0 Å². The molecule has 7 nitrogen and oxygen atoms in total. The molecule has 0 spiro atoms. The van der Waals surface area contributed by atoms with Gasteiger partial charge in [-0.1, -0.05) is 37.3 Å². The van der Waals surface area contributed by atoms with Crippen molar-refractivity contribution in [2.24, 2.45) is 0 Å². The number of amides is 1. The van der Waals surface area contributed by atoms with Gasteiger partial charge in [-0.05, 0) is 55.3 Å². The monoisotopic (exact) mass is 482 g/mol. The number of phenols is 1. The van der Waals surface area contributed by atoms with Crippen molar-refractivity contribution < 1.29 is 24.5 Å². The number of nitrogens with one attached hydrogen (secondary N) is 1. The Morgan fingerprint density at radius 2 is 1.81 bits per heavy atom. The fourth-order valence-corrected chi connectivity index (χ4v) is 4.69. The Morgan fingerprint density at radius 3 is 2.56 bits per heavy atom. The average molecular weight is 483 g/mol. The van der Waals surface area contributed by atoms with Crippen LogP contribution in [0.25, 0.3) is 16.7 Å². The lowest BCUT2D eigenvalue weighted by Crippen LogP contribution is -2.29. The van der Waals surface area contributed by atoms with Crippen LogP contribution in [-0.2, 0) is 9.59 Å². The summed E-state index contributed by atoms with van der Waals surface area (Å²) in [5.41, 5.74) is 2.79. The van der Waals surface area contributed by atoms with Gasteiger partial charge < -0.3 is 19.9 Å². The molecule has 7 heteroatoms. The molecule has 1 unspecified atom stereocenters. The van der Waals surface area contributed by atoms with Crippen molar-refractivity contribution in [3.63, 3.8) is 0 Å². The zero-order valence-corrected chi connectivity index (χ0v) is 20.0. The summed E-state index contributed by atoms with van der Waals surface area (Å²) < 4.78 is 5.74. The van der Waals surface area contributed by atoms with E-state index in [1.54, 1.807) is 42.6 Å². The minimum Gasteiger partial charge on any atom is -0.507 e. The van der Waals surface area contributed by atoms with E-state index in [9.17, 15) is 19.8 Å². The second kappa shape index (κ2) is 9.26. The number of aliphatic hydroxyl groups is 1. The van der Waals surface area contributed by atoms with Crippen LogP contribution in [0, 0.1) is 6.92 Å². The normalized spacial score (nSPS) is 17.2. The van der Waals surface area contributed by atoms with E-state index in [-0.39, 0.29) is 22.8 Å². The number of aromatic hydroxyl groups is 1. The summed E-state index contributed by atoms with van der Waals surface area (Å²) in [6.07, 6.45) is 2.59. The van der Waals surface area contributed by atoms with Crippen molar-refractivity contribution in [3.8, 4) is 11.5 Å². The van der Waals surface area contributed by atoms with Crippen LogP contribution in [0.1, 0.15) is 36.1 Å². The predicted octanol–water partition coefficient (Wildman–Crippen LogP) is 5.60. The highest BCUT2D eigenvalue weighted by molar-refractivity contribution is 6.52. The molecule has 0 saturated carbocycles. The highest BCUT2D eigenvalue weighted by atomic mass is 16.5. The summed E-state index contributed by atoms with van der Waals surface area (Å²) >= 11 is 0. The third kappa shape index (κ3) is 3.79. The predicted molar refractivity (Wildman–Crippen MR) is 138 cm³/mol. The van der Waals surface area contributed by atoms with Crippen LogP contribution in [0.4, 0.5) is 5.69 Å². The molecule has 1 amide bonds. The standard InChI is InChI=1S/C29H26N2O5/c1-3-14-36-24-13-12-18(15-17(24)2)27(33)25-26(20-16-30-21-9-5-4-8-19(20)21)31(29(35)28(25)34)22-10-6-7-11-23(22)32/h4-13,15-16,26,30,32-33H,3,14H2,1-2H3/b27-25+. The number of aryl methyl sites for hydroxylation is 1. The van der Waals surface area contributed by atoms with E-state index >= 15 is 0 Å². The molecule has 36 heavy (non-hydrogen) atoms. The summed E-state index contributed by atoms with van der Waals surface area (Å²) in [5, 5.41) is 22.8. The van der Waals surface area contributed by atoms with Gasteiger partial charge in [-0.15, -0.1) is 0 Å². The third-order valence-electron chi connectivity index (χ3n) is 6.41. The van der Waals surface area contributed by atoms with Gasteiger partial charge in [0.1, 0.15) is 17.3 Å². The lowest BCUT2D eigenvalue weighted by molar-refractivity contribution is -0.132. The number of H-pyrrole nitrogens is 1. The maximum Gasteiger partial charge on any atom is 0.300 e. The molecule has 1 aliphatic heterocycles. The Labute approximate surface area is 208 Å². The molecule has 2 heterocycles. The molecule has 0 radical (unpaired) electrons. The number of aliphatic hydroxyl groups excluding tert-OH is 1. The van der Waals surface area contributed by atoms with E-state index in [0.29, 0.717) is 23.5 Å². The van der Waals surface area contributed by atoms with Gasteiger partial charge in [-0.3, -0.25) is 14.5 Å². The molecular formula is C29H26N2O5. The second-order valence-electron chi connectivity index (χ2n) is 8.78. The minimum absolute atomic E-state index is 0.0466. The number of Topliss-reactive ketones (excluding diaryl/α,β-unsaturated/α-hetero) is 1. The number of hydrogen-bond donors (Lipinski definition) is 3. The van der Waals surface area contributed by atoms with Crippen LogP contribution in [0.5, 0.6) is 11.5 Å². The van der Waals surface area contributed by atoms with Gasteiger partial charge in [-0.25, -0.2) is 0 Å². The first-order chi connectivity index (χ1) is 17.4. The molecule has 1 saturated heterocycles. The van der Waals surface area contributed by atoms with Crippen LogP contribution in [0.3, 0.4) is 0 Å². The molecule has 3 N–H and O–H groups in total. The topological polar surface area (TPSA) is 103 Å². The van der Waals surface area contributed by atoms with Crippen LogP contribution in [0.2, 0.25) is 0 Å². The number of phenolic OH excluding ortho intramolecular Hbond substituents is 1. The van der Waals surface area contributed by atoms with Crippen LogP contribution in [0.15, 0.2) is 78.5 Å². The van der Waals surface area contributed by atoms with Gasteiger partial charge in [0, 0.05) is 28.2 Å². The maximum atomic E-state index is 13.4. The van der Waals surface area contributed by atoms with E-state index < -0.39 is 17.7 Å². The van der Waals surface area contributed by atoms with Crippen molar-refractivity contribution in [2.45, 2.75) is 26.3 Å².